The van der Waals surface area contributed by atoms with Crippen molar-refractivity contribution in [2.75, 3.05) is 0 Å². The van der Waals surface area contributed by atoms with Crippen molar-refractivity contribution in [3.05, 3.63) is 255 Å². The van der Waals surface area contributed by atoms with E-state index in [0.29, 0.717) is 17.5 Å². The highest BCUT2D eigenvalue weighted by atomic mass is 16.3. The second kappa shape index (κ2) is 16.7. The summed E-state index contributed by atoms with van der Waals surface area (Å²) in [6, 6.07) is 91.3. The first kappa shape index (κ1) is 42.3. The zero-order chi connectivity index (χ0) is 49.8. The van der Waals surface area contributed by atoms with E-state index in [9.17, 15) is 0 Å². The number of benzene rings is 13. The van der Waals surface area contributed by atoms with E-state index < -0.39 is 0 Å². The van der Waals surface area contributed by atoms with Crippen LogP contribution in [0.3, 0.4) is 0 Å². The average molecular weight is 967 g/mol. The molecule has 0 N–H and O–H groups in total. The van der Waals surface area contributed by atoms with Gasteiger partial charge < -0.3 is 8.98 Å². The molecular formula is C71H42N4O. The van der Waals surface area contributed by atoms with Crippen LogP contribution < -0.4 is 0 Å². The molecular weight excluding hydrogens is 925 g/mol. The summed E-state index contributed by atoms with van der Waals surface area (Å²) in [5.74, 6) is 1.77. The Bertz CT molecular complexity index is 5050. The molecule has 0 aliphatic heterocycles. The van der Waals surface area contributed by atoms with Gasteiger partial charge in [-0.05, 0) is 113 Å². The number of hydrogen-bond acceptors (Lipinski definition) is 4. The van der Waals surface area contributed by atoms with Crippen molar-refractivity contribution in [2.45, 2.75) is 0 Å². The first-order valence-corrected chi connectivity index (χ1v) is 25.8. The lowest BCUT2D eigenvalue weighted by atomic mass is 9.96. The van der Waals surface area contributed by atoms with Crippen LogP contribution in [-0.2, 0) is 0 Å². The number of hydrogen-bond donors (Lipinski definition) is 0. The van der Waals surface area contributed by atoms with Crippen molar-refractivity contribution in [1.29, 1.82) is 0 Å². The standard InChI is InChI=1S/C71H42N4O/c1-2-15-43(16-3-1)45-29-32-47(33-30-45)58-41-61-66(42-64(58)75-62-36-35-46-18-8-11-24-54(46)67(62)60-38-49-20-6-7-21-50(49)40-63(60)75)76-65-28-14-27-57(68(61)65)70-72-69(52-34-31-44-17-4-5-19-48(44)37-52)73-71(74-70)59-39-51-22-9-10-23-53(51)55-25-12-13-26-56(55)59/h1-42H. The van der Waals surface area contributed by atoms with E-state index in [-0.39, 0.29) is 0 Å². The third kappa shape index (κ3) is 6.62. The van der Waals surface area contributed by atoms with Gasteiger partial charge in [-0.1, -0.05) is 206 Å². The molecule has 5 heteroatoms. The van der Waals surface area contributed by atoms with Gasteiger partial charge in [0.25, 0.3) is 0 Å². The number of fused-ring (bicyclic) bond motifs is 13. The van der Waals surface area contributed by atoms with Gasteiger partial charge >= 0.3 is 0 Å². The maximum absolute atomic E-state index is 7.09. The maximum Gasteiger partial charge on any atom is 0.164 e. The summed E-state index contributed by atoms with van der Waals surface area (Å²) in [6.45, 7) is 0. The monoisotopic (exact) mass is 966 g/mol. The predicted octanol–water partition coefficient (Wildman–Crippen LogP) is 19.0. The normalized spacial score (nSPS) is 11.9. The molecule has 0 atom stereocenters. The molecule has 13 aromatic carbocycles. The second-order valence-electron chi connectivity index (χ2n) is 19.9. The Kier molecular flexibility index (Phi) is 9.27. The summed E-state index contributed by atoms with van der Waals surface area (Å²) < 4.78 is 9.54. The molecule has 3 heterocycles. The van der Waals surface area contributed by atoms with Gasteiger partial charge in [0.1, 0.15) is 11.2 Å². The lowest BCUT2D eigenvalue weighted by Crippen LogP contribution is -2.01. The molecule has 5 nitrogen and oxygen atoms in total. The topological polar surface area (TPSA) is 56.7 Å². The fourth-order valence-corrected chi connectivity index (χ4v) is 12.0. The largest absolute Gasteiger partial charge is 0.456 e. The van der Waals surface area contributed by atoms with E-state index in [0.717, 1.165) is 99.0 Å². The van der Waals surface area contributed by atoms with Crippen LogP contribution in [0.4, 0.5) is 0 Å². The Morgan fingerprint density at radius 3 is 1.66 bits per heavy atom. The van der Waals surface area contributed by atoms with Crippen LogP contribution in [0.5, 0.6) is 0 Å². The SMILES string of the molecule is c1ccc(-c2ccc(-c3cc4c(cc3-n3c5cc6ccccc6cc5c5c6ccccc6ccc53)oc3cccc(-c5nc(-c6ccc7ccccc7c6)nc(-c6cc7ccccc7c7ccccc67)n5)c34)cc2)cc1. The minimum Gasteiger partial charge on any atom is -0.456 e. The van der Waals surface area contributed by atoms with Gasteiger partial charge in [0, 0.05) is 49.9 Å². The molecule has 76 heavy (non-hydrogen) atoms. The van der Waals surface area contributed by atoms with E-state index >= 15 is 0 Å². The lowest BCUT2D eigenvalue weighted by Gasteiger charge is -2.16. The van der Waals surface area contributed by atoms with Gasteiger partial charge in [0.2, 0.25) is 0 Å². The fraction of sp³-hybridized carbons (Fsp3) is 0. The van der Waals surface area contributed by atoms with E-state index in [4.69, 9.17) is 19.4 Å². The maximum atomic E-state index is 7.09. The van der Waals surface area contributed by atoms with Crippen LogP contribution in [0.15, 0.2) is 259 Å². The van der Waals surface area contributed by atoms with Crippen LogP contribution in [0.2, 0.25) is 0 Å². The molecule has 352 valence electrons. The Morgan fingerprint density at radius 2 is 0.855 bits per heavy atom. The third-order valence-electron chi connectivity index (χ3n) is 15.6. The Morgan fingerprint density at radius 1 is 0.263 bits per heavy atom. The van der Waals surface area contributed by atoms with Crippen LogP contribution in [0.25, 0.3) is 160 Å². The molecule has 0 fully saturated rings. The van der Waals surface area contributed by atoms with E-state index in [2.05, 4.69) is 259 Å². The van der Waals surface area contributed by atoms with Crippen molar-refractivity contribution in [3.63, 3.8) is 0 Å². The van der Waals surface area contributed by atoms with Gasteiger partial charge in [0.15, 0.2) is 17.5 Å². The van der Waals surface area contributed by atoms with Crippen molar-refractivity contribution in [2.24, 2.45) is 0 Å². The molecule has 0 amide bonds. The zero-order valence-corrected chi connectivity index (χ0v) is 40.9. The van der Waals surface area contributed by atoms with Crippen LogP contribution in [0, 0.1) is 0 Å². The summed E-state index contributed by atoms with van der Waals surface area (Å²) in [5.41, 5.74) is 12.0. The number of nitrogens with zero attached hydrogens (tertiary/aromatic N) is 4. The third-order valence-corrected chi connectivity index (χ3v) is 15.6. The minimum absolute atomic E-state index is 0.567. The molecule has 0 saturated heterocycles. The summed E-state index contributed by atoms with van der Waals surface area (Å²) >= 11 is 0. The molecule has 0 aliphatic carbocycles. The van der Waals surface area contributed by atoms with Gasteiger partial charge in [-0.3, -0.25) is 0 Å². The van der Waals surface area contributed by atoms with Crippen LogP contribution in [0.1, 0.15) is 0 Å². The van der Waals surface area contributed by atoms with Crippen molar-refractivity contribution in [3.8, 4) is 62.1 Å². The van der Waals surface area contributed by atoms with E-state index in [1.165, 1.54) is 43.3 Å². The highest BCUT2D eigenvalue weighted by molar-refractivity contribution is 6.24. The molecule has 0 unspecified atom stereocenters. The number of rotatable bonds is 6. The molecule has 0 saturated carbocycles. The van der Waals surface area contributed by atoms with Crippen molar-refractivity contribution >= 4 is 97.6 Å². The molecule has 0 bridgehead atoms. The van der Waals surface area contributed by atoms with Gasteiger partial charge in [-0.2, -0.15) is 0 Å². The highest BCUT2D eigenvalue weighted by Gasteiger charge is 2.24. The van der Waals surface area contributed by atoms with Crippen LogP contribution in [-0.4, -0.2) is 19.5 Å². The van der Waals surface area contributed by atoms with E-state index in [1.54, 1.807) is 0 Å². The Balaban J connectivity index is 0.981. The summed E-state index contributed by atoms with van der Waals surface area (Å²) in [5, 5.41) is 16.0. The van der Waals surface area contributed by atoms with Crippen molar-refractivity contribution < 1.29 is 4.42 Å². The molecule has 0 spiro atoms. The first-order chi connectivity index (χ1) is 37.6. The summed E-state index contributed by atoms with van der Waals surface area (Å²) in [6.07, 6.45) is 0. The molecule has 16 rings (SSSR count). The lowest BCUT2D eigenvalue weighted by molar-refractivity contribution is 0.668. The smallest absolute Gasteiger partial charge is 0.164 e. The predicted molar refractivity (Wildman–Crippen MR) is 316 cm³/mol. The average Bonchev–Trinajstić information content (AvgIpc) is 4.05. The fourth-order valence-electron chi connectivity index (χ4n) is 12.0. The molecule has 16 aromatic rings. The summed E-state index contributed by atoms with van der Waals surface area (Å²) in [4.78, 5) is 16.3. The molecule has 0 aliphatic rings. The number of aromatic nitrogens is 4. The number of furan rings is 1. The van der Waals surface area contributed by atoms with E-state index in [1.807, 2.05) is 0 Å². The zero-order valence-electron chi connectivity index (χ0n) is 40.9. The molecule has 0 radical (unpaired) electrons. The Hall–Kier alpha value is -10.2. The minimum atomic E-state index is 0.567. The molecule has 3 aromatic heterocycles. The Labute approximate surface area is 436 Å². The van der Waals surface area contributed by atoms with Gasteiger partial charge in [0.05, 0.1) is 16.7 Å². The van der Waals surface area contributed by atoms with Gasteiger partial charge in [-0.15, -0.1) is 0 Å². The summed E-state index contributed by atoms with van der Waals surface area (Å²) in [7, 11) is 0. The quantitative estimate of drug-likeness (QED) is 0.156. The van der Waals surface area contributed by atoms with Gasteiger partial charge in [-0.25, -0.2) is 15.0 Å². The van der Waals surface area contributed by atoms with Crippen molar-refractivity contribution in [1.82, 2.24) is 19.5 Å². The second-order valence-corrected chi connectivity index (χ2v) is 19.9. The van der Waals surface area contributed by atoms with Crippen LogP contribution >= 0.6 is 0 Å². The first-order valence-electron chi connectivity index (χ1n) is 25.8. The highest BCUT2D eigenvalue weighted by Crippen LogP contribution is 2.46.